The Labute approximate surface area is 151 Å². The van der Waals surface area contributed by atoms with Crippen LogP contribution in [0, 0.1) is 18.4 Å². The van der Waals surface area contributed by atoms with Gasteiger partial charge in [-0.3, -0.25) is 14.2 Å². The molecule has 0 saturated carbocycles. The molecule has 0 aromatic carbocycles. The first-order chi connectivity index (χ1) is 10.1. The molecule has 2 rings (SSSR count). The number of nitrogens with one attached hydrogen (secondary N) is 1. The average Bonchev–Trinajstić information content (AvgIpc) is 2.64. The number of hydrogen-bond acceptors (Lipinski definition) is 4. The number of amides is 1. The maximum atomic E-state index is 12.8. The van der Waals surface area contributed by atoms with E-state index in [-0.39, 0.29) is 37.9 Å². The second-order valence-electron chi connectivity index (χ2n) is 7.09. The third-order valence-electron chi connectivity index (χ3n) is 4.06. The summed E-state index contributed by atoms with van der Waals surface area (Å²) in [6.07, 6.45) is 0.662. The molecule has 0 saturated heterocycles. The second kappa shape index (κ2) is 6.76. The van der Waals surface area contributed by atoms with Crippen molar-refractivity contribution in [3.63, 3.8) is 0 Å². The van der Waals surface area contributed by atoms with E-state index in [4.69, 9.17) is 0 Å². The summed E-state index contributed by atoms with van der Waals surface area (Å²) in [5, 5.41) is 2.86. The predicted octanol–water partition coefficient (Wildman–Crippen LogP) is 1.43. The molecule has 1 atom stereocenters. The monoisotopic (exact) mass is 489 g/mol. The van der Waals surface area contributed by atoms with Crippen LogP contribution in [0.4, 0.5) is 5.82 Å². The molecule has 1 aromatic rings. The van der Waals surface area contributed by atoms with Gasteiger partial charge < -0.3 is 10.2 Å². The normalized spacial score (nSPS) is 18.3. The Morgan fingerprint density at radius 2 is 1.96 bits per heavy atom. The zero-order valence-corrected chi connectivity index (χ0v) is 17.8. The number of aryl methyl sites for hydroxylation is 1. The summed E-state index contributed by atoms with van der Waals surface area (Å²) in [4.78, 5) is 31.6. The molecule has 0 aliphatic carbocycles. The molecule has 0 unspecified atom stereocenters. The summed E-state index contributed by atoms with van der Waals surface area (Å²) in [7, 11) is 3.57. The summed E-state index contributed by atoms with van der Waals surface area (Å²) in [6.45, 7) is 9.61. The van der Waals surface area contributed by atoms with Gasteiger partial charge in [-0.1, -0.05) is 13.8 Å². The van der Waals surface area contributed by atoms with Gasteiger partial charge >= 0.3 is 0 Å². The van der Waals surface area contributed by atoms with Gasteiger partial charge in [0, 0.05) is 46.3 Å². The molecule has 0 fully saturated rings. The van der Waals surface area contributed by atoms with Crippen molar-refractivity contribution in [3.8, 4) is 0 Å². The fourth-order valence-corrected chi connectivity index (χ4v) is 3.12. The Kier molecular flexibility index (Phi) is 5.84. The number of carbonyl (C=O) groups is 1. The van der Waals surface area contributed by atoms with Crippen LogP contribution in [0.5, 0.6) is 0 Å². The topological polar surface area (TPSA) is 67.2 Å². The molecular formula is C16H25N4O2W-. The molecule has 2 heterocycles. The van der Waals surface area contributed by atoms with Crippen molar-refractivity contribution in [1.29, 1.82) is 0 Å². The van der Waals surface area contributed by atoms with Gasteiger partial charge in [-0.2, -0.15) is 13.8 Å². The van der Waals surface area contributed by atoms with Crippen molar-refractivity contribution in [3.05, 3.63) is 27.8 Å². The molecule has 23 heavy (non-hydrogen) atoms. The molecule has 0 radical (unpaired) electrons. The van der Waals surface area contributed by atoms with E-state index in [2.05, 4.69) is 10.3 Å². The number of carbonyl (C=O) groups excluding carboxylic acids is 1. The smallest absolute Gasteiger partial charge is 0.294 e. The van der Waals surface area contributed by atoms with Crippen LogP contribution in [0.1, 0.15) is 45.1 Å². The fraction of sp³-hybridized carbons (Fsp3) is 0.625. The third kappa shape index (κ3) is 3.52. The molecule has 0 bridgehead atoms. The summed E-state index contributed by atoms with van der Waals surface area (Å²) >= 11 is 0. The van der Waals surface area contributed by atoms with Gasteiger partial charge in [0.1, 0.15) is 6.04 Å². The van der Waals surface area contributed by atoms with Crippen molar-refractivity contribution >= 4 is 11.7 Å². The largest absolute Gasteiger partial charge is 0.501 e. The number of hydrogen-bond donors (Lipinski definition) is 1. The van der Waals surface area contributed by atoms with Crippen LogP contribution in [0.25, 0.3) is 0 Å². The van der Waals surface area contributed by atoms with Crippen molar-refractivity contribution in [2.75, 3.05) is 19.0 Å². The molecule has 0 spiro atoms. The first kappa shape index (κ1) is 19.9. The predicted molar refractivity (Wildman–Crippen MR) is 86.8 cm³/mol. The maximum Gasteiger partial charge on any atom is 0.294 e. The van der Waals surface area contributed by atoms with Gasteiger partial charge in [-0.15, -0.1) is 0 Å². The molecule has 1 aromatic heterocycles. The van der Waals surface area contributed by atoms with E-state index in [1.807, 2.05) is 34.6 Å². The first-order valence-corrected chi connectivity index (χ1v) is 7.46. The molecular weight excluding hydrogens is 464 g/mol. The number of nitrogens with zero attached hydrogens (tertiary/aromatic N) is 3. The van der Waals surface area contributed by atoms with E-state index in [0.717, 1.165) is 17.4 Å². The van der Waals surface area contributed by atoms with Gasteiger partial charge in [0.15, 0.2) is 5.82 Å². The van der Waals surface area contributed by atoms with E-state index in [1.165, 1.54) is 0 Å². The number of rotatable bonds is 3. The summed E-state index contributed by atoms with van der Waals surface area (Å²) in [6, 6.07) is 0.297. The van der Waals surface area contributed by atoms with E-state index in [0.29, 0.717) is 12.2 Å². The van der Waals surface area contributed by atoms with Crippen molar-refractivity contribution in [2.45, 2.75) is 47.1 Å². The van der Waals surface area contributed by atoms with Gasteiger partial charge in [0.25, 0.3) is 5.56 Å². The second-order valence-corrected chi connectivity index (χ2v) is 7.09. The minimum Gasteiger partial charge on any atom is -0.501 e. The van der Waals surface area contributed by atoms with E-state index in [9.17, 15) is 9.59 Å². The molecule has 6 nitrogen and oxygen atoms in total. The molecule has 1 aliphatic rings. The summed E-state index contributed by atoms with van der Waals surface area (Å²) < 4.78 is 1.63. The van der Waals surface area contributed by atoms with Gasteiger partial charge in [0.05, 0.1) is 5.69 Å². The Balaban J connectivity index is 0.00000264. The van der Waals surface area contributed by atoms with Crippen LogP contribution in [-0.4, -0.2) is 29.6 Å². The first-order valence-electron chi connectivity index (χ1n) is 7.46. The Morgan fingerprint density at radius 1 is 1.39 bits per heavy atom. The van der Waals surface area contributed by atoms with Crippen LogP contribution < -0.4 is 15.8 Å². The molecule has 1 aliphatic heterocycles. The van der Waals surface area contributed by atoms with Crippen molar-refractivity contribution in [2.24, 2.45) is 5.41 Å². The van der Waals surface area contributed by atoms with Gasteiger partial charge in [0.2, 0.25) is 5.91 Å². The minimum atomic E-state index is -0.523. The summed E-state index contributed by atoms with van der Waals surface area (Å²) in [5.74, 6) is 0.232. The third-order valence-corrected chi connectivity index (χ3v) is 4.06. The van der Waals surface area contributed by atoms with Crippen LogP contribution in [0.2, 0.25) is 0 Å². The van der Waals surface area contributed by atoms with E-state index < -0.39 is 6.04 Å². The van der Waals surface area contributed by atoms with Crippen LogP contribution in [-0.2, 0) is 32.3 Å². The Hall–Kier alpha value is -1.16. The Bertz CT molecular complexity index is 665. The summed E-state index contributed by atoms with van der Waals surface area (Å²) in [5.41, 5.74) is 1.13. The average molecular weight is 489 g/mol. The standard InChI is InChI=1S/C16H25N4O2.W/c1-9(2)17-14(21)12-16(4,5)8-11-10(3)18-13(19(6)7)15(22)20(11)12;/h12H,8H2,1-7H3,(H,17,21);/q-1;/t12-;/m1./s1. The van der Waals surface area contributed by atoms with Crippen LogP contribution >= 0.6 is 0 Å². The zero-order valence-electron chi connectivity index (χ0n) is 14.9. The Morgan fingerprint density at radius 3 is 2.43 bits per heavy atom. The number of anilines is 1. The van der Waals surface area contributed by atoms with Crippen molar-refractivity contribution < 1.29 is 25.9 Å². The minimum absolute atomic E-state index is 0. The van der Waals surface area contributed by atoms with Gasteiger partial charge in [-0.25, -0.2) is 11.0 Å². The molecule has 128 valence electrons. The maximum absolute atomic E-state index is 12.8. The fourth-order valence-electron chi connectivity index (χ4n) is 3.12. The van der Waals surface area contributed by atoms with E-state index in [1.54, 1.807) is 23.6 Å². The van der Waals surface area contributed by atoms with E-state index >= 15 is 0 Å². The van der Waals surface area contributed by atoms with Gasteiger partial charge in [-0.05, 0) is 13.3 Å². The van der Waals surface area contributed by atoms with Crippen LogP contribution in [0.15, 0.2) is 4.79 Å². The van der Waals surface area contributed by atoms with Crippen molar-refractivity contribution in [1.82, 2.24) is 14.9 Å². The number of fused-ring (bicyclic) bond motifs is 1. The molecule has 1 amide bonds. The van der Waals surface area contributed by atoms with Crippen LogP contribution in [0.3, 0.4) is 0 Å². The molecule has 7 heteroatoms. The SMILES string of the molecule is Cc1nc(N(C)C)c(=O)n2c1CC(C)(C)[C@H]2C(=O)N[C-](C)C.[W]. The zero-order chi connectivity index (χ0) is 16.8. The number of aromatic nitrogens is 2. The quantitative estimate of drug-likeness (QED) is 0.653. The molecule has 1 N–H and O–H groups in total.